The van der Waals surface area contributed by atoms with Gasteiger partial charge < -0.3 is 14.2 Å². The molecule has 0 spiro atoms. The van der Waals surface area contributed by atoms with E-state index < -0.39 is 0 Å². The van der Waals surface area contributed by atoms with Gasteiger partial charge in [-0.05, 0) is 24.3 Å². The monoisotopic (exact) mass is 364 g/mol. The number of ether oxygens (including phenoxy) is 1. The van der Waals surface area contributed by atoms with E-state index in [1.807, 2.05) is 24.3 Å². The molecule has 1 aromatic carbocycles. The molecule has 0 saturated carbocycles. The van der Waals surface area contributed by atoms with Crippen molar-refractivity contribution >= 4 is 16.9 Å². The number of piperidine rings is 1. The molecule has 0 unspecified atom stereocenters. The first kappa shape index (κ1) is 17.2. The second-order valence-electron chi connectivity index (χ2n) is 6.64. The number of aromatic nitrogens is 3. The number of fused-ring (bicyclic) bond motifs is 1. The van der Waals surface area contributed by atoms with Crippen molar-refractivity contribution in [1.29, 1.82) is 0 Å². The zero-order valence-corrected chi connectivity index (χ0v) is 15.0. The quantitative estimate of drug-likeness (QED) is 0.710. The number of para-hydroxylation sites is 2. The molecule has 0 N–H and O–H groups in total. The van der Waals surface area contributed by atoms with Crippen molar-refractivity contribution in [2.45, 2.75) is 18.9 Å². The summed E-state index contributed by atoms with van der Waals surface area (Å²) in [4.78, 5) is 35.3. The van der Waals surface area contributed by atoms with Crippen molar-refractivity contribution in [3.05, 3.63) is 64.7 Å². The summed E-state index contributed by atoms with van der Waals surface area (Å²) in [7, 11) is 1.64. The fraction of sp³-hybridized carbons (Fsp3) is 0.300. The van der Waals surface area contributed by atoms with Crippen LogP contribution in [0.15, 0.2) is 53.6 Å². The molecule has 3 aromatic rings. The topological polar surface area (TPSA) is 77.3 Å². The number of pyridine rings is 1. The molecule has 27 heavy (non-hydrogen) atoms. The lowest BCUT2D eigenvalue weighted by molar-refractivity contribution is 0.0585. The van der Waals surface area contributed by atoms with Crippen LogP contribution in [0.1, 0.15) is 23.2 Å². The molecule has 1 aliphatic heterocycles. The minimum Gasteiger partial charge on any atom is -0.473 e. The third-order valence-corrected chi connectivity index (χ3v) is 4.80. The van der Waals surface area contributed by atoms with Gasteiger partial charge in [-0.2, -0.15) is 0 Å². The molecule has 2 aromatic heterocycles. The van der Waals surface area contributed by atoms with Gasteiger partial charge in [0.05, 0.1) is 17.2 Å². The Balaban J connectivity index is 1.40. The fourth-order valence-corrected chi connectivity index (χ4v) is 3.27. The van der Waals surface area contributed by atoms with Gasteiger partial charge in [-0.15, -0.1) is 0 Å². The second kappa shape index (κ2) is 7.19. The van der Waals surface area contributed by atoms with Crippen molar-refractivity contribution in [2.24, 2.45) is 7.05 Å². The van der Waals surface area contributed by atoms with E-state index in [4.69, 9.17) is 4.74 Å². The lowest BCUT2D eigenvalue weighted by atomic mass is 10.1. The van der Waals surface area contributed by atoms with Crippen LogP contribution < -0.4 is 10.3 Å². The Bertz CT molecular complexity index is 1040. The van der Waals surface area contributed by atoms with Gasteiger partial charge in [0.15, 0.2) is 0 Å². The number of benzene rings is 1. The minimum atomic E-state index is -0.271. The van der Waals surface area contributed by atoms with Crippen LogP contribution >= 0.6 is 0 Å². The summed E-state index contributed by atoms with van der Waals surface area (Å²) in [6.07, 6.45) is 4.63. The third-order valence-electron chi connectivity index (χ3n) is 4.80. The van der Waals surface area contributed by atoms with Crippen molar-refractivity contribution in [1.82, 2.24) is 19.4 Å². The zero-order valence-electron chi connectivity index (χ0n) is 15.0. The highest BCUT2D eigenvalue weighted by Crippen LogP contribution is 2.19. The Labute approximate surface area is 156 Å². The van der Waals surface area contributed by atoms with E-state index in [9.17, 15) is 9.59 Å². The highest BCUT2D eigenvalue weighted by molar-refractivity contribution is 5.93. The number of nitrogens with zero attached hydrogens (tertiary/aromatic N) is 4. The van der Waals surface area contributed by atoms with Gasteiger partial charge in [0.1, 0.15) is 11.7 Å². The molecule has 0 aliphatic carbocycles. The van der Waals surface area contributed by atoms with E-state index in [1.54, 1.807) is 36.5 Å². The first-order valence-corrected chi connectivity index (χ1v) is 8.95. The van der Waals surface area contributed by atoms with Gasteiger partial charge >= 0.3 is 0 Å². The first-order valence-electron chi connectivity index (χ1n) is 8.95. The standard InChI is InChI=1S/C20H20N4O3/c1-23-10-4-5-15(19(23)25)20(26)24-11-8-14(9-12-24)27-18-13-21-16-6-2-3-7-17(16)22-18/h2-7,10,13-14H,8-9,11-12H2,1H3. The predicted molar refractivity (Wildman–Crippen MR) is 101 cm³/mol. The lowest BCUT2D eigenvalue weighted by Gasteiger charge is -2.31. The van der Waals surface area contributed by atoms with Crippen molar-refractivity contribution in [2.75, 3.05) is 13.1 Å². The highest BCUT2D eigenvalue weighted by atomic mass is 16.5. The number of aryl methyl sites for hydroxylation is 1. The number of carbonyl (C=O) groups is 1. The van der Waals surface area contributed by atoms with Crippen LogP contribution in [0.3, 0.4) is 0 Å². The average Bonchev–Trinajstić information content (AvgIpc) is 2.70. The van der Waals surface area contributed by atoms with Crippen LogP contribution in [-0.2, 0) is 7.05 Å². The Morgan fingerprint density at radius 1 is 1.11 bits per heavy atom. The van der Waals surface area contributed by atoms with Crippen LogP contribution in [-0.4, -0.2) is 44.5 Å². The summed E-state index contributed by atoms with van der Waals surface area (Å²) in [6.45, 7) is 1.09. The van der Waals surface area contributed by atoms with Crippen LogP contribution in [0.2, 0.25) is 0 Å². The summed E-state index contributed by atoms with van der Waals surface area (Å²) in [5.41, 5.74) is 1.56. The molecule has 0 radical (unpaired) electrons. The molecule has 3 heterocycles. The number of carbonyl (C=O) groups excluding carboxylic acids is 1. The SMILES string of the molecule is Cn1cccc(C(=O)N2CCC(Oc3cnc4ccccc4n3)CC2)c1=O. The smallest absolute Gasteiger partial charge is 0.263 e. The maximum absolute atomic E-state index is 12.6. The summed E-state index contributed by atoms with van der Waals surface area (Å²) in [6, 6.07) is 10.9. The van der Waals surface area contributed by atoms with Crippen LogP contribution in [0, 0.1) is 0 Å². The molecule has 7 heteroatoms. The first-order chi connectivity index (χ1) is 13.1. The van der Waals surface area contributed by atoms with Gasteiger partial charge in [-0.3, -0.25) is 9.59 Å². The normalized spacial score (nSPS) is 15.1. The minimum absolute atomic E-state index is 0.0249. The molecule has 138 valence electrons. The van der Waals surface area contributed by atoms with E-state index in [1.165, 1.54) is 4.57 Å². The van der Waals surface area contributed by atoms with Gasteiger partial charge in [0.25, 0.3) is 11.5 Å². The van der Waals surface area contributed by atoms with Gasteiger partial charge in [-0.1, -0.05) is 12.1 Å². The maximum atomic E-state index is 12.6. The molecule has 1 amide bonds. The number of hydrogen-bond donors (Lipinski definition) is 0. The van der Waals surface area contributed by atoms with E-state index >= 15 is 0 Å². The fourth-order valence-electron chi connectivity index (χ4n) is 3.27. The summed E-state index contributed by atoms with van der Waals surface area (Å²) in [5, 5.41) is 0. The largest absolute Gasteiger partial charge is 0.473 e. The molecule has 7 nitrogen and oxygen atoms in total. The van der Waals surface area contributed by atoms with E-state index in [2.05, 4.69) is 9.97 Å². The molecule has 1 aliphatic rings. The maximum Gasteiger partial charge on any atom is 0.263 e. The Morgan fingerprint density at radius 2 is 1.85 bits per heavy atom. The van der Waals surface area contributed by atoms with Crippen LogP contribution in [0.25, 0.3) is 11.0 Å². The molecular formula is C20H20N4O3. The second-order valence-corrected chi connectivity index (χ2v) is 6.64. The Kier molecular flexibility index (Phi) is 4.58. The summed E-state index contributed by atoms with van der Waals surface area (Å²) >= 11 is 0. The number of rotatable bonds is 3. The molecular weight excluding hydrogens is 344 g/mol. The van der Waals surface area contributed by atoms with Crippen molar-refractivity contribution in [3.63, 3.8) is 0 Å². The molecule has 1 saturated heterocycles. The average molecular weight is 364 g/mol. The molecule has 1 fully saturated rings. The van der Waals surface area contributed by atoms with Crippen LogP contribution in [0.5, 0.6) is 5.88 Å². The van der Waals surface area contributed by atoms with Crippen molar-refractivity contribution in [3.8, 4) is 5.88 Å². The van der Waals surface area contributed by atoms with Crippen LogP contribution in [0.4, 0.5) is 0 Å². The highest BCUT2D eigenvalue weighted by Gasteiger charge is 2.26. The van der Waals surface area contributed by atoms with Gasteiger partial charge in [0, 0.05) is 39.2 Å². The lowest BCUT2D eigenvalue weighted by Crippen LogP contribution is -2.43. The Hall–Kier alpha value is -3.22. The zero-order chi connectivity index (χ0) is 18.8. The third kappa shape index (κ3) is 3.53. The van der Waals surface area contributed by atoms with E-state index in [0.717, 1.165) is 11.0 Å². The Morgan fingerprint density at radius 3 is 2.63 bits per heavy atom. The number of hydrogen-bond acceptors (Lipinski definition) is 5. The van der Waals surface area contributed by atoms with Gasteiger partial charge in [0.2, 0.25) is 5.88 Å². The summed E-state index contributed by atoms with van der Waals surface area (Å²) < 4.78 is 7.38. The van der Waals surface area contributed by atoms with E-state index in [0.29, 0.717) is 31.8 Å². The van der Waals surface area contributed by atoms with Gasteiger partial charge in [-0.25, -0.2) is 9.97 Å². The molecule has 0 bridgehead atoms. The van der Waals surface area contributed by atoms with E-state index in [-0.39, 0.29) is 23.1 Å². The molecule has 4 rings (SSSR count). The summed E-state index contributed by atoms with van der Waals surface area (Å²) in [5.74, 6) is 0.274. The number of likely N-dealkylation sites (tertiary alicyclic amines) is 1. The predicted octanol–water partition coefficient (Wildman–Crippen LogP) is 2.01. The molecule has 0 atom stereocenters. The van der Waals surface area contributed by atoms with Crippen molar-refractivity contribution < 1.29 is 9.53 Å². The number of amides is 1.